The minimum absolute atomic E-state index is 0.117. The van der Waals surface area contributed by atoms with E-state index >= 15 is 0 Å². The Balaban J connectivity index is 1.38. The van der Waals surface area contributed by atoms with Crippen molar-refractivity contribution in [1.29, 1.82) is 0 Å². The Bertz CT molecular complexity index is 939. The Kier molecular flexibility index (Phi) is 5.15. The molecule has 0 unspecified atom stereocenters. The molecule has 3 aromatic rings. The van der Waals surface area contributed by atoms with E-state index in [2.05, 4.69) is 42.0 Å². The van der Waals surface area contributed by atoms with Crippen molar-refractivity contribution in [2.45, 2.75) is 20.4 Å². The Morgan fingerprint density at radius 1 is 0.964 bits per heavy atom. The van der Waals surface area contributed by atoms with E-state index in [1.165, 1.54) is 16.8 Å². The molecule has 0 radical (unpaired) electrons. The second-order valence-electron chi connectivity index (χ2n) is 7.40. The molecule has 1 saturated heterocycles. The summed E-state index contributed by atoms with van der Waals surface area (Å²) < 4.78 is 1.88. The predicted molar refractivity (Wildman–Crippen MR) is 112 cm³/mol. The number of piperazine rings is 1. The Hall–Kier alpha value is -3.08. The summed E-state index contributed by atoms with van der Waals surface area (Å²) in [6, 6.07) is 16.2. The van der Waals surface area contributed by atoms with Gasteiger partial charge < -0.3 is 9.80 Å². The molecule has 1 aliphatic heterocycles. The monoisotopic (exact) mass is 374 g/mol. The number of amides is 1. The lowest BCUT2D eigenvalue weighted by molar-refractivity contribution is 0.0747. The third kappa shape index (κ3) is 3.79. The molecule has 5 nitrogen and oxygen atoms in total. The van der Waals surface area contributed by atoms with Gasteiger partial charge in [0.2, 0.25) is 0 Å². The van der Waals surface area contributed by atoms with Crippen LogP contribution in [-0.4, -0.2) is 46.8 Å². The van der Waals surface area contributed by atoms with Crippen molar-refractivity contribution < 1.29 is 4.79 Å². The fraction of sp³-hybridized carbons (Fsp3) is 0.304. The van der Waals surface area contributed by atoms with Crippen LogP contribution in [0.25, 0.3) is 0 Å². The molecule has 1 aromatic heterocycles. The van der Waals surface area contributed by atoms with E-state index in [-0.39, 0.29) is 5.91 Å². The summed E-state index contributed by atoms with van der Waals surface area (Å²) in [7, 11) is 0. The van der Waals surface area contributed by atoms with Gasteiger partial charge in [-0.2, -0.15) is 5.10 Å². The van der Waals surface area contributed by atoms with Gasteiger partial charge in [-0.3, -0.25) is 9.48 Å². The van der Waals surface area contributed by atoms with Gasteiger partial charge in [0.05, 0.1) is 6.54 Å². The van der Waals surface area contributed by atoms with Crippen LogP contribution in [0, 0.1) is 13.8 Å². The van der Waals surface area contributed by atoms with Crippen molar-refractivity contribution in [3.63, 3.8) is 0 Å². The quantitative estimate of drug-likeness (QED) is 0.702. The molecule has 5 heteroatoms. The van der Waals surface area contributed by atoms with E-state index in [1.54, 1.807) is 6.20 Å². The first-order valence-electron chi connectivity index (χ1n) is 9.78. The van der Waals surface area contributed by atoms with Crippen LogP contribution in [0.5, 0.6) is 0 Å². The zero-order chi connectivity index (χ0) is 19.5. The zero-order valence-corrected chi connectivity index (χ0v) is 16.5. The number of aromatic nitrogens is 2. The summed E-state index contributed by atoms with van der Waals surface area (Å²) in [5.74, 6) is 0.117. The zero-order valence-electron chi connectivity index (χ0n) is 16.5. The Morgan fingerprint density at radius 3 is 2.39 bits per heavy atom. The predicted octanol–water partition coefficient (Wildman–Crippen LogP) is 3.51. The van der Waals surface area contributed by atoms with Crippen LogP contribution in [-0.2, 0) is 6.54 Å². The topological polar surface area (TPSA) is 41.4 Å². The Morgan fingerprint density at radius 2 is 1.71 bits per heavy atom. The molecule has 28 heavy (non-hydrogen) atoms. The van der Waals surface area contributed by atoms with Crippen LogP contribution >= 0.6 is 0 Å². The van der Waals surface area contributed by atoms with E-state index in [4.69, 9.17) is 0 Å². The lowest BCUT2D eigenvalue weighted by Crippen LogP contribution is -2.49. The van der Waals surface area contributed by atoms with Gasteiger partial charge in [0.1, 0.15) is 0 Å². The Labute approximate surface area is 166 Å². The highest BCUT2D eigenvalue weighted by Gasteiger charge is 2.23. The second-order valence-corrected chi connectivity index (χ2v) is 7.40. The van der Waals surface area contributed by atoms with E-state index in [1.807, 2.05) is 46.1 Å². The van der Waals surface area contributed by atoms with Crippen LogP contribution in [0.3, 0.4) is 0 Å². The fourth-order valence-electron chi connectivity index (χ4n) is 3.74. The van der Waals surface area contributed by atoms with Gasteiger partial charge in [-0.15, -0.1) is 0 Å². The van der Waals surface area contributed by atoms with E-state index < -0.39 is 0 Å². The molecule has 0 aliphatic carbocycles. The first kappa shape index (κ1) is 18.3. The maximum Gasteiger partial charge on any atom is 0.253 e. The normalized spacial score (nSPS) is 14.4. The van der Waals surface area contributed by atoms with Crippen LogP contribution in [0.4, 0.5) is 5.69 Å². The number of hydrogen-bond donors (Lipinski definition) is 0. The fourth-order valence-corrected chi connectivity index (χ4v) is 3.74. The summed E-state index contributed by atoms with van der Waals surface area (Å²) in [4.78, 5) is 17.2. The highest BCUT2D eigenvalue weighted by atomic mass is 16.2. The minimum Gasteiger partial charge on any atom is -0.368 e. The minimum atomic E-state index is 0.117. The van der Waals surface area contributed by atoms with E-state index in [0.29, 0.717) is 0 Å². The number of aryl methyl sites for hydroxylation is 1. The van der Waals surface area contributed by atoms with Gasteiger partial charge >= 0.3 is 0 Å². The number of carbonyl (C=O) groups is 1. The largest absolute Gasteiger partial charge is 0.368 e. The molecular formula is C23H26N4O. The smallest absolute Gasteiger partial charge is 0.253 e. The second kappa shape index (κ2) is 7.89. The van der Waals surface area contributed by atoms with Crippen molar-refractivity contribution in [3.05, 3.63) is 83.2 Å². The summed E-state index contributed by atoms with van der Waals surface area (Å²) in [5, 5.41) is 4.22. The van der Waals surface area contributed by atoms with Gasteiger partial charge in [0.15, 0.2) is 0 Å². The standard InChI is InChI=1S/C23H26N4O/c1-18-5-3-6-22(19(18)2)25-13-15-26(16-14-25)23(28)21-9-7-20(8-10-21)17-27-12-4-11-24-27/h3-12H,13-17H2,1-2H3. The molecule has 2 aromatic carbocycles. The summed E-state index contributed by atoms with van der Waals surface area (Å²) in [6.07, 6.45) is 3.71. The van der Waals surface area contributed by atoms with Gasteiger partial charge in [-0.1, -0.05) is 24.3 Å². The highest BCUT2D eigenvalue weighted by molar-refractivity contribution is 5.94. The molecule has 0 atom stereocenters. The van der Waals surface area contributed by atoms with Crippen LogP contribution in [0.1, 0.15) is 27.0 Å². The molecule has 1 amide bonds. The molecule has 0 bridgehead atoms. The maximum atomic E-state index is 12.9. The van der Waals surface area contributed by atoms with Gasteiger partial charge in [0.25, 0.3) is 5.91 Å². The average molecular weight is 374 g/mol. The van der Waals surface area contributed by atoms with Gasteiger partial charge in [0, 0.05) is 49.8 Å². The summed E-state index contributed by atoms with van der Waals surface area (Å²) in [5.41, 5.74) is 5.82. The molecule has 0 spiro atoms. The highest BCUT2D eigenvalue weighted by Crippen LogP contribution is 2.24. The molecule has 1 aliphatic rings. The third-order valence-electron chi connectivity index (χ3n) is 5.59. The lowest BCUT2D eigenvalue weighted by Gasteiger charge is -2.37. The number of rotatable bonds is 4. The molecule has 1 fully saturated rings. The van der Waals surface area contributed by atoms with Gasteiger partial charge in [-0.05, 0) is 54.8 Å². The van der Waals surface area contributed by atoms with Gasteiger partial charge in [-0.25, -0.2) is 0 Å². The summed E-state index contributed by atoms with van der Waals surface area (Å²) in [6.45, 7) is 8.28. The van der Waals surface area contributed by atoms with Crippen LogP contribution < -0.4 is 4.90 Å². The first-order valence-corrected chi connectivity index (χ1v) is 9.78. The number of hydrogen-bond acceptors (Lipinski definition) is 3. The van der Waals surface area contributed by atoms with Crippen molar-refractivity contribution in [2.24, 2.45) is 0 Å². The number of carbonyl (C=O) groups excluding carboxylic acids is 1. The molecule has 144 valence electrons. The van der Waals surface area contributed by atoms with E-state index in [9.17, 15) is 4.79 Å². The number of anilines is 1. The van der Waals surface area contributed by atoms with E-state index in [0.717, 1.165) is 43.9 Å². The summed E-state index contributed by atoms with van der Waals surface area (Å²) >= 11 is 0. The van der Waals surface area contributed by atoms with Crippen molar-refractivity contribution >= 4 is 11.6 Å². The molecule has 4 rings (SSSR count). The maximum absolute atomic E-state index is 12.9. The number of nitrogens with zero attached hydrogens (tertiary/aromatic N) is 4. The van der Waals surface area contributed by atoms with Crippen molar-refractivity contribution in [2.75, 3.05) is 31.1 Å². The van der Waals surface area contributed by atoms with Crippen LogP contribution in [0.15, 0.2) is 60.9 Å². The first-order chi connectivity index (χ1) is 13.6. The van der Waals surface area contributed by atoms with Crippen molar-refractivity contribution in [3.8, 4) is 0 Å². The number of benzene rings is 2. The van der Waals surface area contributed by atoms with Crippen LogP contribution in [0.2, 0.25) is 0 Å². The molecule has 2 heterocycles. The molecule has 0 saturated carbocycles. The SMILES string of the molecule is Cc1cccc(N2CCN(C(=O)c3ccc(Cn4cccn4)cc3)CC2)c1C. The molecular weight excluding hydrogens is 348 g/mol. The van der Waals surface area contributed by atoms with Crippen molar-refractivity contribution in [1.82, 2.24) is 14.7 Å². The lowest BCUT2D eigenvalue weighted by atomic mass is 10.1. The third-order valence-corrected chi connectivity index (χ3v) is 5.59. The molecule has 0 N–H and O–H groups in total. The average Bonchev–Trinajstić information content (AvgIpc) is 3.23.